The van der Waals surface area contributed by atoms with Crippen molar-refractivity contribution in [3.63, 3.8) is 0 Å². The highest BCUT2D eigenvalue weighted by molar-refractivity contribution is 5.66. The maximum Gasteiger partial charge on any atom is 0.505 e. The Kier molecular flexibility index (Phi) is 26.9. The minimum absolute atomic E-state index is 0.333. The quantitative estimate of drug-likeness (QED) is 0.0852. The molecule has 0 bridgehead atoms. The van der Waals surface area contributed by atoms with Crippen LogP contribution in [0.4, 0.5) is 4.79 Å². The molecule has 0 unspecified atom stereocenters. The zero-order chi connectivity index (χ0) is 25.0. The molecule has 0 aromatic rings. The third-order valence-electron chi connectivity index (χ3n) is 6.76. The van der Waals surface area contributed by atoms with Crippen molar-refractivity contribution in [3.8, 4) is 0 Å². The topological polar surface area (TPSA) is 83.8 Å². The van der Waals surface area contributed by atoms with E-state index in [0.29, 0.717) is 13.0 Å². The van der Waals surface area contributed by atoms with E-state index in [4.69, 9.17) is 10.2 Å². The minimum atomic E-state index is -1.16. The molecule has 0 atom stereocenters. The molecule has 0 spiro atoms. The monoisotopic (exact) mass is 484 g/mol. The number of aliphatic carboxylic acids is 1. The third kappa shape index (κ3) is 30.7. The molecule has 0 aromatic heterocycles. The molecule has 0 aliphatic rings. The molecule has 5 nitrogen and oxygen atoms in total. The van der Waals surface area contributed by atoms with Gasteiger partial charge in [-0.2, -0.15) is 0 Å². The zero-order valence-electron chi connectivity index (χ0n) is 22.2. The highest BCUT2D eigenvalue weighted by Crippen LogP contribution is 2.16. The summed E-state index contributed by atoms with van der Waals surface area (Å²) in [5.74, 6) is -0.661. The first-order valence-electron chi connectivity index (χ1n) is 14.7. The second kappa shape index (κ2) is 28.0. The molecule has 5 heteroatoms. The van der Waals surface area contributed by atoms with E-state index in [1.165, 1.54) is 135 Å². The molecule has 0 fully saturated rings. The van der Waals surface area contributed by atoms with Gasteiger partial charge in [0.2, 0.25) is 0 Å². The summed E-state index contributed by atoms with van der Waals surface area (Å²) in [5, 5.41) is 17.0. The van der Waals surface area contributed by atoms with Crippen LogP contribution in [0.3, 0.4) is 0 Å². The van der Waals surface area contributed by atoms with Crippen LogP contribution in [-0.2, 0) is 9.53 Å². The normalized spacial score (nSPS) is 11.1. The van der Waals surface area contributed by atoms with Gasteiger partial charge in [0.15, 0.2) is 0 Å². The van der Waals surface area contributed by atoms with Gasteiger partial charge in [-0.05, 0) is 12.8 Å². The van der Waals surface area contributed by atoms with Gasteiger partial charge in [0.1, 0.15) is 0 Å². The molecular formula is C29H56O5. The number of carboxylic acid groups (broad SMARTS) is 2. The highest BCUT2D eigenvalue weighted by Gasteiger charge is 1.98. The number of ether oxygens (including phenoxy) is 1. The molecule has 0 aromatic carbocycles. The van der Waals surface area contributed by atoms with Crippen LogP contribution < -0.4 is 0 Å². The van der Waals surface area contributed by atoms with Crippen molar-refractivity contribution in [2.24, 2.45) is 0 Å². The SMILES string of the molecule is O=C(O)CCCCCCCCCCCCCCCCCCCCCCCCCCCOC(=O)O. The lowest BCUT2D eigenvalue weighted by Crippen LogP contribution is -2.01. The van der Waals surface area contributed by atoms with Crippen LogP contribution in [0.25, 0.3) is 0 Å². The van der Waals surface area contributed by atoms with Crippen LogP contribution >= 0.6 is 0 Å². The zero-order valence-corrected chi connectivity index (χ0v) is 22.2. The summed E-state index contributed by atoms with van der Waals surface area (Å²) >= 11 is 0. The van der Waals surface area contributed by atoms with Gasteiger partial charge in [-0.15, -0.1) is 0 Å². The molecule has 0 aliphatic heterocycles. The van der Waals surface area contributed by atoms with E-state index in [2.05, 4.69) is 4.74 Å². The van der Waals surface area contributed by atoms with Crippen molar-refractivity contribution in [3.05, 3.63) is 0 Å². The van der Waals surface area contributed by atoms with E-state index in [-0.39, 0.29) is 0 Å². The van der Waals surface area contributed by atoms with Crippen molar-refractivity contribution in [1.82, 2.24) is 0 Å². The summed E-state index contributed by atoms with van der Waals surface area (Å²) < 4.78 is 4.51. The molecule has 0 saturated carbocycles. The molecule has 34 heavy (non-hydrogen) atoms. The molecule has 0 heterocycles. The average Bonchev–Trinajstić information content (AvgIpc) is 2.80. The maximum absolute atomic E-state index is 10.4. The van der Waals surface area contributed by atoms with Crippen molar-refractivity contribution < 1.29 is 24.5 Å². The smallest absolute Gasteiger partial charge is 0.481 e. The van der Waals surface area contributed by atoms with E-state index < -0.39 is 12.1 Å². The molecule has 0 amide bonds. The summed E-state index contributed by atoms with van der Waals surface area (Å²) in [5.41, 5.74) is 0. The van der Waals surface area contributed by atoms with Gasteiger partial charge in [0, 0.05) is 6.42 Å². The van der Waals surface area contributed by atoms with Gasteiger partial charge < -0.3 is 14.9 Å². The predicted molar refractivity (Wildman–Crippen MR) is 142 cm³/mol. The van der Waals surface area contributed by atoms with Crippen LogP contribution in [0, 0.1) is 0 Å². The fourth-order valence-corrected chi connectivity index (χ4v) is 4.60. The first-order chi connectivity index (χ1) is 16.6. The number of carboxylic acids is 1. The molecule has 0 radical (unpaired) electrons. The van der Waals surface area contributed by atoms with Crippen molar-refractivity contribution in [2.45, 2.75) is 167 Å². The largest absolute Gasteiger partial charge is 0.505 e. The maximum atomic E-state index is 10.4. The van der Waals surface area contributed by atoms with Gasteiger partial charge in [0.05, 0.1) is 6.61 Å². The van der Waals surface area contributed by atoms with E-state index in [0.717, 1.165) is 25.7 Å². The first kappa shape index (κ1) is 32.7. The molecule has 0 rings (SSSR count). The van der Waals surface area contributed by atoms with Gasteiger partial charge in [0.25, 0.3) is 0 Å². The summed E-state index contributed by atoms with van der Waals surface area (Å²) in [6, 6.07) is 0. The van der Waals surface area contributed by atoms with E-state index in [9.17, 15) is 9.59 Å². The van der Waals surface area contributed by atoms with Gasteiger partial charge in [-0.25, -0.2) is 4.79 Å². The predicted octanol–water partition coefficient (Wildman–Crippen LogP) is 9.91. The number of hydrogen-bond acceptors (Lipinski definition) is 3. The Morgan fingerprint density at radius 1 is 0.382 bits per heavy atom. The molecule has 202 valence electrons. The Morgan fingerprint density at radius 2 is 0.618 bits per heavy atom. The minimum Gasteiger partial charge on any atom is -0.481 e. The van der Waals surface area contributed by atoms with E-state index >= 15 is 0 Å². The summed E-state index contributed by atoms with van der Waals surface area (Å²) in [6.07, 6.45) is 31.5. The van der Waals surface area contributed by atoms with Crippen molar-refractivity contribution in [2.75, 3.05) is 6.61 Å². The lowest BCUT2D eigenvalue weighted by atomic mass is 10.0. The Labute approximate surface area is 210 Å². The first-order valence-corrected chi connectivity index (χ1v) is 14.7. The Morgan fingerprint density at radius 3 is 0.853 bits per heavy atom. The number of unbranched alkanes of at least 4 members (excludes halogenated alkanes) is 24. The van der Waals surface area contributed by atoms with Crippen LogP contribution in [-0.4, -0.2) is 28.9 Å². The fraction of sp³-hybridized carbons (Fsp3) is 0.931. The Balaban J connectivity index is 3.03. The number of carbonyl (C=O) groups is 2. The van der Waals surface area contributed by atoms with E-state index in [1.54, 1.807) is 0 Å². The highest BCUT2D eigenvalue weighted by atomic mass is 16.7. The fourth-order valence-electron chi connectivity index (χ4n) is 4.60. The summed E-state index contributed by atoms with van der Waals surface area (Å²) in [7, 11) is 0. The lowest BCUT2D eigenvalue weighted by molar-refractivity contribution is -0.137. The van der Waals surface area contributed by atoms with Crippen molar-refractivity contribution in [1.29, 1.82) is 0 Å². The Hall–Kier alpha value is -1.26. The third-order valence-corrected chi connectivity index (χ3v) is 6.76. The van der Waals surface area contributed by atoms with Crippen LogP contribution in [0.15, 0.2) is 0 Å². The Bertz CT molecular complexity index is 398. The number of hydrogen-bond donors (Lipinski definition) is 2. The van der Waals surface area contributed by atoms with Gasteiger partial charge in [-0.1, -0.05) is 148 Å². The standard InChI is InChI=1S/C29H56O5/c30-28(31)26-24-22-20-18-16-14-12-10-8-6-4-2-1-3-5-7-9-11-13-15-17-19-21-23-25-27-34-29(32)33/h1-27H2,(H,30,31)(H,32,33). The summed E-state index contributed by atoms with van der Waals surface area (Å²) in [4.78, 5) is 20.7. The second-order valence-electron chi connectivity index (χ2n) is 10.1. The van der Waals surface area contributed by atoms with Gasteiger partial charge >= 0.3 is 12.1 Å². The van der Waals surface area contributed by atoms with Crippen LogP contribution in [0.1, 0.15) is 167 Å². The average molecular weight is 485 g/mol. The van der Waals surface area contributed by atoms with Crippen LogP contribution in [0.2, 0.25) is 0 Å². The number of rotatable bonds is 28. The molecule has 0 aliphatic carbocycles. The molecule has 2 N–H and O–H groups in total. The molecular weight excluding hydrogens is 428 g/mol. The van der Waals surface area contributed by atoms with Crippen LogP contribution in [0.5, 0.6) is 0 Å². The lowest BCUT2D eigenvalue weighted by Gasteiger charge is -2.04. The molecule has 0 saturated heterocycles. The van der Waals surface area contributed by atoms with Crippen molar-refractivity contribution >= 4 is 12.1 Å². The van der Waals surface area contributed by atoms with E-state index in [1.807, 2.05) is 0 Å². The van der Waals surface area contributed by atoms with Gasteiger partial charge in [-0.3, -0.25) is 4.79 Å². The second-order valence-corrected chi connectivity index (χ2v) is 10.1. The summed E-state index contributed by atoms with van der Waals surface area (Å²) in [6.45, 7) is 0.344.